The Morgan fingerprint density at radius 2 is 2.00 bits per heavy atom. The predicted octanol–water partition coefficient (Wildman–Crippen LogP) is 4.69. The van der Waals surface area contributed by atoms with Gasteiger partial charge in [-0.25, -0.2) is 0 Å². The molecule has 0 aliphatic heterocycles. The number of thioether (sulfide) groups is 1. The molecule has 1 heterocycles. The second-order valence-electron chi connectivity index (χ2n) is 5.37. The molecule has 27 heavy (non-hydrogen) atoms. The SMILES string of the molecule is O=C(CNc1nnc(SCc2ccc(Cl)cc2)s1)c1cccc([N+](=O)[O-])c1. The molecule has 3 aromatic rings. The summed E-state index contributed by atoms with van der Waals surface area (Å²) in [5.74, 6) is 0.475. The quantitative estimate of drug-likeness (QED) is 0.244. The number of ketones is 1. The minimum absolute atomic E-state index is 0.0162. The van der Waals surface area contributed by atoms with Crippen molar-refractivity contribution in [1.29, 1.82) is 0 Å². The Labute approximate surface area is 167 Å². The van der Waals surface area contributed by atoms with Gasteiger partial charge >= 0.3 is 0 Å². The third-order valence-corrected chi connectivity index (χ3v) is 5.80. The van der Waals surface area contributed by atoms with Crippen LogP contribution in [0.15, 0.2) is 52.9 Å². The van der Waals surface area contributed by atoms with Gasteiger partial charge in [0.1, 0.15) is 0 Å². The van der Waals surface area contributed by atoms with Gasteiger partial charge in [0.05, 0.1) is 11.5 Å². The number of nitrogens with zero attached hydrogens (tertiary/aromatic N) is 3. The number of hydrogen-bond donors (Lipinski definition) is 1. The van der Waals surface area contributed by atoms with E-state index in [-0.39, 0.29) is 23.6 Å². The monoisotopic (exact) mass is 420 g/mol. The van der Waals surface area contributed by atoms with E-state index in [2.05, 4.69) is 15.5 Å². The van der Waals surface area contributed by atoms with Crippen LogP contribution in [0.4, 0.5) is 10.8 Å². The topological polar surface area (TPSA) is 98.0 Å². The summed E-state index contributed by atoms with van der Waals surface area (Å²) in [6.45, 7) is -0.0162. The summed E-state index contributed by atoms with van der Waals surface area (Å²) in [5, 5.41) is 23.0. The van der Waals surface area contributed by atoms with Crippen LogP contribution in [0.25, 0.3) is 0 Å². The molecule has 0 atom stereocenters. The van der Waals surface area contributed by atoms with Crippen molar-refractivity contribution in [1.82, 2.24) is 10.2 Å². The van der Waals surface area contributed by atoms with E-state index < -0.39 is 4.92 Å². The Hall–Kier alpha value is -2.49. The number of carbonyl (C=O) groups excluding carboxylic acids is 1. The van der Waals surface area contributed by atoms with Crippen LogP contribution in [0.5, 0.6) is 0 Å². The molecule has 0 spiro atoms. The van der Waals surface area contributed by atoms with Gasteiger partial charge in [0.25, 0.3) is 5.69 Å². The van der Waals surface area contributed by atoms with E-state index in [9.17, 15) is 14.9 Å². The fourth-order valence-electron chi connectivity index (χ4n) is 2.12. The van der Waals surface area contributed by atoms with Gasteiger partial charge in [-0.05, 0) is 17.7 Å². The van der Waals surface area contributed by atoms with Crippen LogP contribution in [-0.4, -0.2) is 27.4 Å². The van der Waals surface area contributed by atoms with Crippen LogP contribution >= 0.6 is 34.7 Å². The molecule has 2 aromatic carbocycles. The van der Waals surface area contributed by atoms with Crippen LogP contribution in [0, 0.1) is 10.1 Å². The molecule has 1 aromatic heterocycles. The van der Waals surface area contributed by atoms with Gasteiger partial charge < -0.3 is 5.32 Å². The molecule has 0 bridgehead atoms. The summed E-state index contributed by atoms with van der Waals surface area (Å²) in [6, 6.07) is 13.2. The van der Waals surface area contributed by atoms with Gasteiger partial charge in [0.15, 0.2) is 10.1 Å². The maximum absolute atomic E-state index is 12.2. The average molecular weight is 421 g/mol. The molecule has 0 radical (unpaired) electrons. The molecule has 3 rings (SSSR count). The van der Waals surface area contributed by atoms with Crippen LogP contribution in [0.3, 0.4) is 0 Å². The summed E-state index contributed by atoms with van der Waals surface area (Å²) in [5.41, 5.74) is 1.28. The Morgan fingerprint density at radius 3 is 2.74 bits per heavy atom. The standard InChI is InChI=1S/C17H13ClN4O3S2/c18-13-6-4-11(5-7-13)10-26-17-21-20-16(27-17)19-9-15(23)12-2-1-3-14(8-12)22(24)25/h1-8H,9-10H2,(H,19,20). The van der Waals surface area contributed by atoms with Crippen molar-refractivity contribution in [3.05, 3.63) is 74.8 Å². The lowest BCUT2D eigenvalue weighted by molar-refractivity contribution is -0.384. The number of anilines is 1. The highest BCUT2D eigenvalue weighted by Gasteiger charge is 2.12. The molecule has 0 fully saturated rings. The van der Waals surface area contributed by atoms with Crippen LogP contribution < -0.4 is 5.32 Å². The van der Waals surface area contributed by atoms with Crippen molar-refractivity contribution in [3.8, 4) is 0 Å². The largest absolute Gasteiger partial charge is 0.353 e. The second-order valence-corrected chi connectivity index (χ2v) is 8.01. The highest BCUT2D eigenvalue weighted by molar-refractivity contribution is 8.00. The lowest BCUT2D eigenvalue weighted by Crippen LogP contribution is -2.14. The first-order valence-electron chi connectivity index (χ1n) is 7.73. The molecule has 138 valence electrons. The lowest BCUT2D eigenvalue weighted by atomic mass is 10.1. The number of nitro benzene ring substituents is 1. The zero-order chi connectivity index (χ0) is 19.2. The zero-order valence-electron chi connectivity index (χ0n) is 13.8. The summed E-state index contributed by atoms with van der Waals surface area (Å²) >= 11 is 8.75. The molecule has 0 amide bonds. The second kappa shape index (κ2) is 8.94. The number of nitro groups is 1. The molecular weight excluding hydrogens is 408 g/mol. The third-order valence-electron chi connectivity index (χ3n) is 3.46. The Morgan fingerprint density at radius 1 is 1.22 bits per heavy atom. The molecule has 10 heteroatoms. The molecule has 0 unspecified atom stereocenters. The van der Waals surface area contributed by atoms with Crippen molar-refractivity contribution >= 4 is 51.3 Å². The smallest absolute Gasteiger partial charge is 0.270 e. The molecule has 1 N–H and O–H groups in total. The van der Waals surface area contributed by atoms with E-state index in [1.165, 1.54) is 41.3 Å². The lowest BCUT2D eigenvalue weighted by Gasteiger charge is -2.02. The highest BCUT2D eigenvalue weighted by Crippen LogP contribution is 2.28. The van der Waals surface area contributed by atoms with Gasteiger partial charge in [0, 0.05) is 28.5 Å². The normalized spacial score (nSPS) is 10.6. The van der Waals surface area contributed by atoms with E-state index in [0.29, 0.717) is 10.2 Å². The number of halogens is 1. The van der Waals surface area contributed by atoms with Crippen LogP contribution in [0.1, 0.15) is 15.9 Å². The predicted molar refractivity (Wildman–Crippen MR) is 107 cm³/mol. The average Bonchev–Trinajstić information content (AvgIpc) is 3.13. The minimum atomic E-state index is -0.529. The first-order chi connectivity index (χ1) is 13.0. The summed E-state index contributed by atoms with van der Waals surface area (Å²) in [4.78, 5) is 22.5. The first kappa shape index (κ1) is 19.3. The summed E-state index contributed by atoms with van der Waals surface area (Å²) in [7, 11) is 0. The number of Topliss-reactive ketones (excluding diaryl/α,β-unsaturated/α-hetero) is 1. The van der Waals surface area contributed by atoms with Crippen LogP contribution in [-0.2, 0) is 5.75 Å². The summed E-state index contributed by atoms with van der Waals surface area (Å²) in [6.07, 6.45) is 0. The van der Waals surface area contributed by atoms with Gasteiger partial charge in [-0.15, -0.1) is 10.2 Å². The zero-order valence-corrected chi connectivity index (χ0v) is 16.2. The number of rotatable bonds is 8. The van der Waals surface area contributed by atoms with Crippen molar-refractivity contribution < 1.29 is 9.72 Å². The number of non-ortho nitro benzene ring substituents is 1. The van der Waals surface area contributed by atoms with E-state index >= 15 is 0 Å². The Kier molecular flexibility index (Phi) is 6.38. The number of benzene rings is 2. The third kappa shape index (κ3) is 5.49. The summed E-state index contributed by atoms with van der Waals surface area (Å²) < 4.78 is 0.773. The highest BCUT2D eigenvalue weighted by atomic mass is 35.5. The number of nitrogens with one attached hydrogen (secondary N) is 1. The molecular formula is C17H13ClN4O3S2. The van der Waals surface area contributed by atoms with Gasteiger partial charge in [-0.2, -0.15) is 0 Å². The molecule has 0 aliphatic carbocycles. The van der Waals surface area contributed by atoms with E-state index in [4.69, 9.17) is 11.6 Å². The van der Waals surface area contributed by atoms with Crippen molar-refractivity contribution in [3.63, 3.8) is 0 Å². The Balaban J connectivity index is 1.53. The van der Waals surface area contributed by atoms with E-state index in [0.717, 1.165) is 15.7 Å². The van der Waals surface area contributed by atoms with Gasteiger partial charge in [-0.3, -0.25) is 14.9 Å². The maximum Gasteiger partial charge on any atom is 0.270 e. The van der Waals surface area contributed by atoms with Crippen molar-refractivity contribution in [2.45, 2.75) is 10.1 Å². The van der Waals surface area contributed by atoms with Crippen molar-refractivity contribution in [2.24, 2.45) is 0 Å². The fraction of sp³-hybridized carbons (Fsp3) is 0.118. The van der Waals surface area contributed by atoms with Gasteiger partial charge in [0.2, 0.25) is 5.13 Å². The Bertz CT molecular complexity index is 963. The number of hydrogen-bond acceptors (Lipinski definition) is 8. The fourth-order valence-corrected chi connectivity index (χ4v) is 3.95. The number of aromatic nitrogens is 2. The van der Waals surface area contributed by atoms with E-state index in [1.807, 2.05) is 24.3 Å². The van der Waals surface area contributed by atoms with Gasteiger partial charge in [-0.1, -0.05) is 59.0 Å². The minimum Gasteiger partial charge on any atom is -0.353 e. The maximum atomic E-state index is 12.2. The number of carbonyl (C=O) groups is 1. The molecule has 0 saturated carbocycles. The first-order valence-corrected chi connectivity index (χ1v) is 9.91. The molecule has 0 aliphatic rings. The molecule has 0 saturated heterocycles. The van der Waals surface area contributed by atoms with Crippen molar-refractivity contribution in [2.75, 3.05) is 11.9 Å². The van der Waals surface area contributed by atoms with Crippen LogP contribution in [0.2, 0.25) is 5.02 Å². The molecule has 7 nitrogen and oxygen atoms in total. The van der Waals surface area contributed by atoms with E-state index in [1.54, 1.807) is 6.07 Å².